The Morgan fingerprint density at radius 2 is 2.11 bits per heavy atom. The lowest BCUT2D eigenvalue weighted by molar-refractivity contribution is 0.618. The maximum atomic E-state index is 13.6. The molecular formula is C12H11BrF2N4. The molecule has 1 heterocycles. The van der Waals surface area contributed by atoms with Crippen molar-refractivity contribution in [2.75, 3.05) is 17.2 Å². The molecule has 0 radical (unpaired) electrons. The van der Waals surface area contributed by atoms with Crippen LogP contribution < -0.4 is 10.6 Å². The molecule has 100 valence electrons. The zero-order valence-electron chi connectivity index (χ0n) is 10.0. The first-order chi connectivity index (χ1) is 9.10. The molecule has 2 aromatic rings. The lowest BCUT2D eigenvalue weighted by atomic mass is 10.3. The lowest BCUT2D eigenvalue weighted by Crippen LogP contribution is -2.06. The maximum absolute atomic E-state index is 13.6. The van der Waals surface area contributed by atoms with E-state index in [1.807, 2.05) is 6.92 Å². The first-order valence-corrected chi connectivity index (χ1v) is 6.38. The Kier molecular flexibility index (Phi) is 4.26. The fourth-order valence-corrected chi connectivity index (χ4v) is 1.76. The summed E-state index contributed by atoms with van der Waals surface area (Å²) < 4.78 is 27.4. The Morgan fingerprint density at radius 3 is 2.84 bits per heavy atom. The molecule has 0 atom stereocenters. The van der Waals surface area contributed by atoms with Crippen molar-refractivity contribution < 1.29 is 8.78 Å². The topological polar surface area (TPSA) is 49.8 Å². The molecule has 0 amide bonds. The van der Waals surface area contributed by atoms with Crippen LogP contribution in [0.25, 0.3) is 0 Å². The van der Waals surface area contributed by atoms with E-state index in [9.17, 15) is 8.78 Å². The molecule has 2 rings (SSSR count). The van der Waals surface area contributed by atoms with E-state index in [2.05, 4.69) is 36.5 Å². The van der Waals surface area contributed by atoms with Gasteiger partial charge in [0, 0.05) is 11.0 Å². The van der Waals surface area contributed by atoms with Crippen LogP contribution in [0.4, 0.5) is 26.2 Å². The van der Waals surface area contributed by atoms with Gasteiger partial charge in [0.25, 0.3) is 0 Å². The van der Waals surface area contributed by atoms with Crippen molar-refractivity contribution in [1.29, 1.82) is 0 Å². The Bertz CT molecular complexity index is 592. The number of benzene rings is 1. The van der Waals surface area contributed by atoms with Gasteiger partial charge in [0.15, 0.2) is 11.6 Å². The summed E-state index contributed by atoms with van der Waals surface area (Å²) in [6.45, 7) is 2.50. The summed E-state index contributed by atoms with van der Waals surface area (Å²) in [5.74, 6) is -0.749. The molecule has 19 heavy (non-hydrogen) atoms. The number of hydrogen-bond acceptors (Lipinski definition) is 4. The van der Waals surface area contributed by atoms with E-state index in [-0.39, 0.29) is 5.82 Å². The van der Waals surface area contributed by atoms with Crippen LogP contribution in [-0.2, 0) is 0 Å². The Balaban J connectivity index is 2.31. The van der Waals surface area contributed by atoms with Crippen molar-refractivity contribution in [1.82, 2.24) is 9.97 Å². The summed E-state index contributed by atoms with van der Waals surface area (Å²) in [5.41, 5.74) is 0.389. The Labute approximate surface area is 117 Å². The number of nitrogens with one attached hydrogen (secondary N) is 2. The van der Waals surface area contributed by atoms with E-state index in [1.54, 1.807) is 0 Å². The van der Waals surface area contributed by atoms with Gasteiger partial charge >= 0.3 is 0 Å². The predicted octanol–water partition coefficient (Wildman–Crippen LogP) is 3.69. The van der Waals surface area contributed by atoms with E-state index in [0.29, 0.717) is 22.7 Å². The minimum atomic E-state index is -0.613. The molecule has 0 saturated carbocycles. The van der Waals surface area contributed by atoms with Gasteiger partial charge in [0.05, 0.1) is 11.9 Å². The van der Waals surface area contributed by atoms with Crippen LogP contribution in [0.2, 0.25) is 0 Å². The van der Waals surface area contributed by atoms with Crippen LogP contribution in [0, 0.1) is 11.6 Å². The summed E-state index contributed by atoms with van der Waals surface area (Å²) in [6.07, 6.45) is 1.06. The van der Waals surface area contributed by atoms with Gasteiger partial charge in [0.1, 0.15) is 5.82 Å². The largest absolute Gasteiger partial charge is 0.354 e. The second-order valence-corrected chi connectivity index (χ2v) is 4.52. The van der Waals surface area contributed by atoms with Gasteiger partial charge in [-0.2, -0.15) is 4.98 Å². The van der Waals surface area contributed by atoms with Crippen LogP contribution in [0.5, 0.6) is 0 Å². The molecule has 0 spiro atoms. The second kappa shape index (κ2) is 5.92. The number of hydrogen-bond donors (Lipinski definition) is 2. The van der Waals surface area contributed by atoms with Gasteiger partial charge in [-0.25, -0.2) is 13.8 Å². The Morgan fingerprint density at radius 1 is 1.32 bits per heavy atom. The molecule has 0 bridgehead atoms. The molecule has 1 aromatic carbocycles. The molecule has 0 aliphatic carbocycles. The molecule has 0 aliphatic rings. The highest BCUT2D eigenvalue weighted by atomic mass is 79.9. The summed E-state index contributed by atoms with van der Waals surface area (Å²) >= 11 is 3.25. The van der Waals surface area contributed by atoms with Gasteiger partial charge in [-0.15, -0.1) is 0 Å². The van der Waals surface area contributed by atoms with Crippen LogP contribution >= 0.6 is 15.9 Å². The first kappa shape index (κ1) is 13.7. The van der Waals surface area contributed by atoms with Crippen LogP contribution in [0.3, 0.4) is 0 Å². The molecule has 2 N–H and O–H groups in total. The van der Waals surface area contributed by atoms with E-state index in [1.165, 1.54) is 18.2 Å². The van der Waals surface area contributed by atoms with E-state index < -0.39 is 11.6 Å². The summed E-state index contributed by atoms with van der Waals surface area (Å²) in [6, 6.07) is 4.08. The van der Waals surface area contributed by atoms with Crippen molar-refractivity contribution in [3.05, 3.63) is 40.5 Å². The van der Waals surface area contributed by atoms with Crippen LogP contribution in [-0.4, -0.2) is 16.5 Å². The minimum absolute atomic E-state index is 0.0164. The van der Waals surface area contributed by atoms with E-state index >= 15 is 0 Å². The van der Waals surface area contributed by atoms with Gasteiger partial charge in [-0.1, -0.05) is 0 Å². The highest BCUT2D eigenvalue weighted by Gasteiger charge is 2.09. The number of aromatic nitrogens is 2. The number of nitrogens with zero attached hydrogens (tertiary/aromatic N) is 2. The van der Waals surface area contributed by atoms with Crippen molar-refractivity contribution in [2.24, 2.45) is 0 Å². The average Bonchev–Trinajstić information content (AvgIpc) is 2.38. The van der Waals surface area contributed by atoms with Gasteiger partial charge < -0.3 is 10.6 Å². The van der Waals surface area contributed by atoms with Crippen molar-refractivity contribution >= 4 is 33.4 Å². The molecule has 0 fully saturated rings. The number of rotatable bonds is 4. The Hall–Kier alpha value is -1.76. The standard InChI is InChI=1S/C12H11BrF2N4/c1-2-16-12-17-6-9(15)11(19-12)18-10-5-7(14)3-4-8(10)13/h3-6H,2H2,1H3,(H2,16,17,18,19). The smallest absolute Gasteiger partial charge is 0.224 e. The fourth-order valence-electron chi connectivity index (χ4n) is 1.42. The van der Waals surface area contributed by atoms with E-state index in [4.69, 9.17) is 0 Å². The minimum Gasteiger partial charge on any atom is -0.354 e. The molecule has 0 aliphatic heterocycles. The average molecular weight is 329 g/mol. The van der Waals surface area contributed by atoms with Gasteiger partial charge in [0.2, 0.25) is 5.95 Å². The fraction of sp³-hybridized carbons (Fsp3) is 0.167. The zero-order valence-corrected chi connectivity index (χ0v) is 11.6. The second-order valence-electron chi connectivity index (χ2n) is 3.67. The van der Waals surface area contributed by atoms with Gasteiger partial charge in [-0.05, 0) is 41.1 Å². The monoisotopic (exact) mass is 328 g/mol. The molecule has 7 heteroatoms. The maximum Gasteiger partial charge on any atom is 0.224 e. The SMILES string of the molecule is CCNc1ncc(F)c(Nc2cc(F)ccc2Br)n1. The molecule has 1 aromatic heterocycles. The highest BCUT2D eigenvalue weighted by Crippen LogP contribution is 2.27. The summed E-state index contributed by atoms with van der Waals surface area (Å²) in [5, 5.41) is 5.60. The van der Waals surface area contributed by atoms with E-state index in [0.717, 1.165) is 6.20 Å². The lowest BCUT2D eigenvalue weighted by Gasteiger charge is -2.10. The molecule has 0 saturated heterocycles. The van der Waals surface area contributed by atoms with Crippen LogP contribution in [0.15, 0.2) is 28.9 Å². The first-order valence-electron chi connectivity index (χ1n) is 5.58. The van der Waals surface area contributed by atoms with Crippen LogP contribution in [0.1, 0.15) is 6.92 Å². The van der Waals surface area contributed by atoms with Crippen molar-refractivity contribution in [3.63, 3.8) is 0 Å². The number of anilines is 3. The zero-order chi connectivity index (χ0) is 13.8. The summed E-state index contributed by atoms with van der Waals surface area (Å²) in [7, 11) is 0. The third-order valence-corrected chi connectivity index (χ3v) is 2.95. The highest BCUT2D eigenvalue weighted by molar-refractivity contribution is 9.10. The molecule has 4 nitrogen and oxygen atoms in total. The molecular weight excluding hydrogens is 318 g/mol. The summed E-state index contributed by atoms with van der Waals surface area (Å²) in [4.78, 5) is 7.76. The normalized spacial score (nSPS) is 10.3. The quantitative estimate of drug-likeness (QED) is 0.898. The third kappa shape index (κ3) is 3.37. The van der Waals surface area contributed by atoms with Crippen molar-refractivity contribution in [3.8, 4) is 0 Å². The van der Waals surface area contributed by atoms with Gasteiger partial charge in [-0.3, -0.25) is 0 Å². The number of halogens is 3. The molecule has 0 unspecified atom stereocenters. The van der Waals surface area contributed by atoms with Crippen molar-refractivity contribution in [2.45, 2.75) is 6.92 Å². The predicted molar refractivity (Wildman–Crippen MR) is 73.5 cm³/mol. The third-order valence-electron chi connectivity index (χ3n) is 2.26.